The molecule has 0 fully saturated rings. The second kappa shape index (κ2) is 9.08. The molecule has 0 amide bonds. The first-order valence-electron chi connectivity index (χ1n) is 10.8. The number of nitrogens with one attached hydrogen (secondary N) is 1. The van der Waals surface area contributed by atoms with Crippen molar-refractivity contribution in [3.63, 3.8) is 0 Å². The highest BCUT2D eigenvalue weighted by Crippen LogP contribution is 2.32. The molecule has 5 aromatic rings. The number of fused-ring (bicyclic) bond motifs is 1. The van der Waals surface area contributed by atoms with Gasteiger partial charge in [-0.15, -0.1) is 5.10 Å². The standard InChI is InChI=1S/C26H23FN6/c27-21-13-11-20(12-14-21)23-22-24(28)33(17-19-9-5-2-6-10-19)32-25(22)31-26(30-23)29-16-15-18-7-3-1-4-8-18/h1-14H,15-17,28H2,(H,29,31,32). The lowest BCUT2D eigenvalue weighted by molar-refractivity contribution is 0.628. The Bertz CT molecular complexity index is 1370. The van der Waals surface area contributed by atoms with Gasteiger partial charge < -0.3 is 11.1 Å². The monoisotopic (exact) mass is 438 g/mol. The van der Waals surface area contributed by atoms with E-state index in [1.165, 1.54) is 17.7 Å². The first kappa shape index (κ1) is 20.6. The molecule has 6 nitrogen and oxygen atoms in total. The molecular formula is C26H23FN6. The van der Waals surface area contributed by atoms with Crippen LogP contribution in [0.25, 0.3) is 22.3 Å². The summed E-state index contributed by atoms with van der Waals surface area (Å²) in [6.07, 6.45) is 0.832. The SMILES string of the molecule is Nc1c2c(-c3ccc(F)cc3)nc(NCCc3ccccc3)nc2nn1Cc1ccccc1. The van der Waals surface area contributed by atoms with Crippen molar-refractivity contribution in [3.8, 4) is 11.3 Å². The maximum absolute atomic E-state index is 13.6. The van der Waals surface area contributed by atoms with Crippen LogP contribution in [0, 0.1) is 5.82 Å². The second-order valence-electron chi connectivity index (χ2n) is 7.79. The van der Waals surface area contributed by atoms with E-state index in [4.69, 9.17) is 10.7 Å². The molecule has 0 aliphatic carbocycles. The van der Waals surface area contributed by atoms with Gasteiger partial charge in [0.2, 0.25) is 5.95 Å². The number of hydrogen-bond donors (Lipinski definition) is 2. The third-order valence-electron chi connectivity index (χ3n) is 5.47. The van der Waals surface area contributed by atoms with Gasteiger partial charge in [0.05, 0.1) is 17.6 Å². The minimum atomic E-state index is -0.307. The first-order valence-corrected chi connectivity index (χ1v) is 10.8. The Labute approximate surface area is 190 Å². The maximum atomic E-state index is 13.6. The lowest BCUT2D eigenvalue weighted by atomic mass is 10.1. The summed E-state index contributed by atoms with van der Waals surface area (Å²) in [6, 6.07) is 26.4. The molecular weight excluding hydrogens is 415 g/mol. The molecule has 7 heteroatoms. The third kappa shape index (κ3) is 4.52. The van der Waals surface area contributed by atoms with Crippen molar-refractivity contribution in [3.05, 3.63) is 102 Å². The van der Waals surface area contributed by atoms with Gasteiger partial charge in [0.15, 0.2) is 5.65 Å². The van der Waals surface area contributed by atoms with Crippen LogP contribution in [0.2, 0.25) is 0 Å². The number of halogens is 1. The molecule has 2 aromatic heterocycles. The number of nitrogen functional groups attached to an aromatic ring is 1. The summed E-state index contributed by atoms with van der Waals surface area (Å²) in [7, 11) is 0. The van der Waals surface area contributed by atoms with Gasteiger partial charge >= 0.3 is 0 Å². The lowest BCUT2D eigenvalue weighted by Gasteiger charge is -2.09. The molecule has 164 valence electrons. The minimum Gasteiger partial charge on any atom is -0.383 e. The van der Waals surface area contributed by atoms with Crippen molar-refractivity contribution in [1.82, 2.24) is 19.7 Å². The molecule has 0 bridgehead atoms. The number of nitrogens with two attached hydrogens (primary N) is 1. The topological polar surface area (TPSA) is 81.7 Å². The molecule has 0 atom stereocenters. The fourth-order valence-electron chi connectivity index (χ4n) is 3.79. The van der Waals surface area contributed by atoms with Gasteiger partial charge in [-0.1, -0.05) is 60.7 Å². The highest BCUT2D eigenvalue weighted by atomic mass is 19.1. The summed E-state index contributed by atoms with van der Waals surface area (Å²) in [5.41, 5.74) is 10.7. The van der Waals surface area contributed by atoms with E-state index in [1.54, 1.807) is 16.8 Å². The van der Waals surface area contributed by atoms with Crippen LogP contribution in [0.15, 0.2) is 84.9 Å². The van der Waals surface area contributed by atoms with Crippen LogP contribution in [-0.4, -0.2) is 26.3 Å². The molecule has 0 saturated heterocycles. The number of rotatable bonds is 7. The zero-order valence-electron chi connectivity index (χ0n) is 17.9. The van der Waals surface area contributed by atoms with E-state index in [0.29, 0.717) is 41.6 Å². The summed E-state index contributed by atoms with van der Waals surface area (Å²) in [6.45, 7) is 1.18. The van der Waals surface area contributed by atoms with Crippen molar-refractivity contribution in [2.45, 2.75) is 13.0 Å². The van der Waals surface area contributed by atoms with Crippen LogP contribution in [0.4, 0.5) is 16.2 Å². The predicted molar refractivity (Wildman–Crippen MR) is 129 cm³/mol. The van der Waals surface area contributed by atoms with Gasteiger partial charge in [0.25, 0.3) is 0 Å². The van der Waals surface area contributed by atoms with E-state index in [2.05, 4.69) is 27.5 Å². The number of benzene rings is 3. The molecule has 0 aliphatic rings. The highest BCUT2D eigenvalue weighted by molar-refractivity contribution is 5.98. The summed E-state index contributed by atoms with van der Waals surface area (Å²) >= 11 is 0. The normalized spacial score (nSPS) is 11.1. The fourth-order valence-corrected chi connectivity index (χ4v) is 3.79. The number of nitrogens with zero attached hydrogens (tertiary/aromatic N) is 4. The molecule has 0 saturated carbocycles. The predicted octanol–water partition coefficient (Wildman–Crippen LogP) is 4.92. The molecule has 0 aliphatic heterocycles. The molecule has 33 heavy (non-hydrogen) atoms. The Kier molecular flexibility index (Phi) is 5.68. The highest BCUT2D eigenvalue weighted by Gasteiger charge is 2.18. The van der Waals surface area contributed by atoms with Crippen LogP contribution in [0.5, 0.6) is 0 Å². The van der Waals surface area contributed by atoms with Crippen LogP contribution in [-0.2, 0) is 13.0 Å². The third-order valence-corrected chi connectivity index (χ3v) is 5.47. The fraction of sp³-hybridized carbons (Fsp3) is 0.115. The Balaban J connectivity index is 1.52. The van der Waals surface area contributed by atoms with Crippen LogP contribution >= 0.6 is 0 Å². The second-order valence-corrected chi connectivity index (χ2v) is 7.79. The number of anilines is 2. The van der Waals surface area contributed by atoms with Gasteiger partial charge in [-0.2, -0.15) is 4.98 Å². The van der Waals surface area contributed by atoms with Gasteiger partial charge in [-0.25, -0.2) is 14.1 Å². The Morgan fingerprint density at radius 2 is 1.48 bits per heavy atom. The quantitative estimate of drug-likeness (QED) is 0.377. The molecule has 2 heterocycles. The Morgan fingerprint density at radius 3 is 2.18 bits per heavy atom. The van der Waals surface area contributed by atoms with Gasteiger partial charge in [0, 0.05) is 12.1 Å². The van der Waals surface area contributed by atoms with E-state index in [9.17, 15) is 4.39 Å². The maximum Gasteiger partial charge on any atom is 0.225 e. The number of hydrogen-bond acceptors (Lipinski definition) is 5. The summed E-state index contributed by atoms with van der Waals surface area (Å²) in [5, 5.41) is 8.62. The molecule has 3 aromatic carbocycles. The van der Waals surface area contributed by atoms with Crippen molar-refractivity contribution in [2.24, 2.45) is 0 Å². The smallest absolute Gasteiger partial charge is 0.225 e. The Morgan fingerprint density at radius 1 is 0.818 bits per heavy atom. The van der Waals surface area contributed by atoms with E-state index in [-0.39, 0.29) is 5.82 Å². The van der Waals surface area contributed by atoms with E-state index >= 15 is 0 Å². The van der Waals surface area contributed by atoms with Crippen LogP contribution < -0.4 is 11.1 Å². The van der Waals surface area contributed by atoms with E-state index in [0.717, 1.165) is 17.5 Å². The summed E-state index contributed by atoms with van der Waals surface area (Å²) in [5.74, 6) is 0.629. The number of aromatic nitrogens is 4. The minimum absolute atomic E-state index is 0.307. The van der Waals surface area contributed by atoms with Gasteiger partial charge in [0.1, 0.15) is 11.6 Å². The van der Waals surface area contributed by atoms with Crippen molar-refractivity contribution < 1.29 is 4.39 Å². The van der Waals surface area contributed by atoms with Crippen LogP contribution in [0.1, 0.15) is 11.1 Å². The molecule has 0 radical (unpaired) electrons. The summed E-state index contributed by atoms with van der Waals surface area (Å²) in [4.78, 5) is 9.36. The Hall–Kier alpha value is -4.26. The zero-order valence-corrected chi connectivity index (χ0v) is 17.9. The van der Waals surface area contributed by atoms with Crippen LogP contribution in [0.3, 0.4) is 0 Å². The van der Waals surface area contributed by atoms with E-state index in [1.807, 2.05) is 48.5 Å². The van der Waals surface area contributed by atoms with Gasteiger partial charge in [-0.3, -0.25) is 0 Å². The zero-order chi connectivity index (χ0) is 22.6. The molecule has 5 rings (SSSR count). The molecule has 0 unspecified atom stereocenters. The lowest BCUT2D eigenvalue weighted by Crippen LogP contribution is -2.08. The van der Waals surface area contributed by atoms with Crippen molar-refractivity contribution >= 4 is 22.8 Å². The molecule has 0 spiro atoms. The summed E-state index contributed by atoms with van der Waals surface area (Å²) < 4.78 is 15.3. The first-order chi connectivity index (χ1) is 16.2. The average molecular weight is 439 g/mol. The molecule has 3 N–H and O–H groups in total. The van der Waals surface area contributed by atoms with E-state index < -0.39 is 0 Å². The largest absolute Gasteiger partial charge is 0.383 e. The van der Waals surface area contributed by atoms with Gasteiger partial charge in [-0.05, 0) is 41.8 Å². The average Bonchev–Trinajstić information content (AvgIpc) is 3.15. The van der Waals surface area contributed by atoms with Crippen molar-refractivity contribution in [2.75, 3.05) is 17.6 Å². The van der Waals surface area contributed by atoms with Crippen molar-refractivity contribution in [1.29, 1.82) is 0 Å².